The van der Waals surface area contributed by atoms with Crippen molar-refractivity contribution in [1.29, 1.82) is 0 Å². The van der Waals surface area contributed by atoms with Gasteiger partial charge in [0.2, 0.25) is 0 Å². The summed E-state index contributed by atoms with van der Waals surface area (Å²) in [5, 5.41) is 0. The normalized spacial score (nSPS) is 37.9. The molecule has 1 fully saturated rings. The molecule has 68 valence electrons. The Kier molecular flexibility index (Phi) is 2.75. The molecule has 1 heteroatoms. The predicted molar refractivity (Wildman–Crippen MR) is 53.4 cm³/mol. The smallest absolute Gasteiger partial charge is 0.0223 e. The highest BCUT2D eigenvalue weighted by Gasteiger charge is 2.34. The summed E-state index contributed by atoms with van der Waals surface area (Å²) in [7, 11) is 0. The third-order valence-corrected chi connectivity index (χ3v) is 3.64. The Bertz CT molecular complexity index is 174. The van der Waals surface area contributed by atoms with Crippen molar-refractivity contribution in [2.75, 3.05) is 5.88 Å². The second-order valence-electron chi connectivity index (χ2n) is 4.23. The molecule has 0 aliphatic heterocycles. The van der Waals surface area contributed by atoms with Crippen molar-refractivity contribution in [3.05, 3.63) is 12.2 Å². The van der Waals surface area contributed by atoms with Crippen molar-refractivity contribution in [2.24, 2.45) is 17.8 Å². The summed E-state index contributed by atoms with van der Waals surface area (Å²) >= 11 is 5.65. The molecule has 0 nitrogen and oxygen atoms in total. The van der Waals surface area contributed by atoms with E-state index in [0.29, 0.717) is 0 Å². The zero-order valence-corrected chi connectivity index (χ0v) is 8.26. The average Bonchev–Trinajstić information content (AvgIpc) is 2.65. The van der Waals surface area contributed by atoms with Gasteiger partial charge in [-0.3, -0.25) is 0 Å². The fourth-order valence-electron chi connectivity index (χ4n) is 2.73. The van der Waals surface area contributed by atoms with Crippen LogP contribution in [0.3, 0.4) is 0 Å². The summed E-state index contributed by atoms with van der Waals surface area (Å²) in [5.41, 5.74) is 0. The molecule has 0 radical (unpaired) electrons. The lowest BCUT2D eigenvalue weighted by Crippen LogP contribution is -2.06. The van der Waals surface area contributed by atoms with Gasteiger partial charge in [0.25, 0.3) is 0 Å². The number of alkyl halides is 1. The lowest BCUT2D eigenvalue weighted by molar-refractivity contribution is 0.402. The van der Waals surface area contributed by atoms with Crippen molar-refractivity contribution in [2.45, 2.75) is 32.1 Å². The Morgan fingerprint density at radius 2 is 2.08 bits per heavy atom. The third-order valence-electron chi connectivity index (χ3n) is 3.37. The second kappa shape index (κ2) is 3.83. The van der Waals surface area contributed by atoms with Crippen LogP contribution < -0.4 is 0 Å². The Morgan fingerprint density at radius 1 is 1.17 bits per heavy atom. The van der Waals surface area contributed by atoms with Crippen LogP contribution in [0.25, 0.3) is 0 Å². The zero-order valence-electron chi connectivity index (χ0n) is 7.51. The molecule has 0 aromatic rings. The Morgan fingerprint density at radius 3 is 2.67 bits per heavy atom. The van der Waals surface area contributed by atoms with Gasteiger partial charge in [0.1, 0.15) is 0 Å². The first kappa shape index (κ1) is 8.62. The molecule has 0 aromatic heterocycles. The van der Waals surface area contributed by atoms with Gasteiger partial charge in [-0.2, -0.15) is 0 Å². The minimum atomic E-state index is 0.844. The first-order valence-corrected chi connectivity index (χ1v) is 5.68. The molecular formula is C11H17Cl. The molecule has 12 heavy (non-hydrogen) atoms. The van der Waals surface area contributed by atoms with E-state index >= 15 is 0 Å². The molecule has 0 aromatic carbocycles. The van der Waals surface area contributed by atoms with Crippen molar-refractivity contribution in [1.82, 2.24) is 0 Å². The van der Waals surface area contributed by atoms with E-state index in [-0.39, 0.29) is 0 Å². The highest BCUT2D eigenvalue weighted by molar-refractivity contribution is 6.17. The maximum atomic E-state index is 5.65. The maximum absolute atomic E-state index is 5.65. The highest BCUT2D eigenvalue weighted by Crippen LogP contribution is 2.45. The van der Waals surface area contributed by atoms with Crippen LogP contribution in [0.2, 0.25) is 0 Å². The lowest BCUT2D eigenvalue weighted by atomic mass is 9.89. The van der Waals surface area contributed by atoms with Crippen LogP contribution in [0, 0.1) is 17.8 Å². The average molecular weight is 185 g/mol. The van der Waals surface area contributed by atoms with E-state index in [2.05, 4.69) is 12.2 Å². The summed E-state index contributed by atoms with van der Waals surface area (Å²) in [5.74, 6) is 3.72. The van der Waals surface area contributed by atoms with Gasteiger partial charge in [-0.05, 0) is 43.4 Å². The monoisotopic (exact) mass is 184 g/mol. The second-order valence-corrected chi connectivity index (χ2v) is 4.60. The molecule has 0 amide bonds. The SMILES string of the molecule is ClCCCCC1CC2C=CC1C2. The van der Waals surface area contributed by atoms with Crippen LogP contribution in [0.4, 0.5) is 0 Å². The first-order chi connectivity index (χ1) is 5.90. The molecule has 2 aliphatic carbocycles. The van der Waals surface area contributed by atoms with E-state index in [1.807, 2.05) is 0 Å². The van der Waals surface area contributed by atoms with Gasteiger partial charge < -0.3 is 0 Å². The molecule has 0 spiro atoms. The standard InChI is InChI=1S/C11H17Cl/c12-6-2-1-3-10-7-9-4-5-11(10)8-9/h4-5,9-11H,1-3,6-8H2. The molecular weight excluding hydrogens is 168 g/mol. The zero-order chi connectivity index (χ0) is 8.39. The minimum absolute atomic E-state index is 0.844. The van der Waals surface area contributed by atoms with Crippen molar-refractivity contribution in [3.8, 4) is 0 Å². The van der Waals surface area contributed by atoms with Gasteiger partial charge in [-0.1, -0.05) is 18.6 Å². The minimum Gasteiger partial charge on any atom is -0.127 e. The Balaban J connectivity index is 1.73. The van der Waals surface area contributed by atoms with Crippen LogP contribution in [-0.4, -0.2) is 5.88 Å². The van der Waals surface area contributed by atoms with Gasteiger partial charge in [-0.15, -0.1) is 11.6 Å². The van der Waals surface area contributed by atoms with E-state index in [9.17, 15) is 0 Å². The lowest BCUT2D eigenvalue weighted by Gasteiger charge is -2.17. The van der Waals surface area contributed by atoms with Crippen LogP contribution in [0.15, 0.2) is 12.2 Å². The molecule has 2 aliphatic rings. The summed E-state index contributed by atoms with van der Waals surface area (Å²) in [4.78, 5) is 0. The van der Waals surface area contributed by atoms with E-state index in [4.69, 9.17) is 11.6 Å². The number of halogens is 1. The van der Waals surface area contributed by atoms with Crippen molar-refractivity contribution < 1.29 is 0 Å². The van der Waals surface area contributed by atoms with Crippen LogP contribution in [0.5, 0.6) is 0 Å². The predicted octanol–water partition coefficient (Wildman–Crippen LogP) is 3.61. The molecule has 2 rings (SSSR count). The van der Waals surface area contributed by atoms with Gasteiger partial charge in [0.15, 0.2) is 0 Å². The number of allylic oxidation sites excluding steroid dienone is 2. The van der Waals surface area contributed by atoms with E-state index in [0.717, 1.165) is 23.6 Å². The molecule has 3 atom stereocenters. The Labute approximate surface area is 80.0 Å². The van der Waals surface area contributed by atoms with E-state index in [1.54, 1.807) is 0 Å². The number of unbranched alkanes of at least 4 members (excludes halogenated alkanes) is 1. The topological polar surface area (TPSA) is 0 Å². The quantitative estimate of drug-likeness (QED) is 0.356. The van der Waals surface area contributed by atoms with Crippen LogP contribution in [0.1, 0.15) is 32.1 Å². The van der Waals surface area contributed by atoms with E-state index < -0.39 is 0 Å². The first-order valence-electron chi connectivity index (χ1n) is 5.14. The number of hydrogen-bond donors (Lipinski definition) is 0. The molecule has 0 saturated heterocycles. The van der Waals surface area contributed by atoms with Gasteiger partial charge in [0, 0.05) is 5.88 Å². The van der Waals surface area contributed by atoms with Gasteiger partial charge in [-0.25, -0.2) is 0 Å². The van der Waals surface area contributed by atoms with Crippen molar-refractivity contribution >= 4 is 11.6 Å². The number of fused-ring (bicyclic) bond motifs is 2. The summed E-state index contributed by atoms with van der Waals surface area (Å²) in [6.07, 6.45) is 11.7. The molecule has 2 bridgehead atoms. The molecule has 1 saturated carbocycles. The number of rotatable bonds is 4. The van der Waals surface area contributed by atoms with E-state index in [1.165, 1.54) is 32.1 Å². The fraction of sp³-hybridized carbons (Fsp3) is 0.818. The highest BCUT2D eigenvalue weighted by atomic mass is 35.5. The van der Waals surface area contributed by atoms with Crippen LogP contribution >= 0.6 is 11.6 Å². The maximum Gasteiger partial charge on any atom is 0.0223 e. The van der Waals surface area contributed by atoms with Gasteiger partial charge >= 0.3 is 0 Å². The largest absolute Gasteiger partial charge is 0.127 e. The van der Waals surface area contributed by atoms with Gasteiger partial charge in [0.05, 0.1) is 0 Å². The molecule has 3 unspecified atom stereocenters. The summed E-state index contributed by atoms with van der Waals surface area (Å²) in [6.45, 7) is 0. The van der Waals surface area contributed by atoms with Crippen LogP contribution in [-0.2, 0) is 0 Å². The van der Waals surface area contributed by atoms with Crippen molar-refractivity contribution in [3.63, 3.8) is 0 Å². The molecule has 0 N–H and O–H groups in total. The fourth-order valence-corrected chi connectivity index (χ4v) is 2.92. The Hall–Kier alpha value is 0.0300. The molecule has 0 heterocycles. The number of hydrogen-bond acceptors (Lipinski definition) is 0. The summed E-state index contributed by atoms with van der Waals surface area (Å²) < 4.78 is 0. The summed E-state index contributed by atoms with van der Waals surface area (Å²) in [6, 6.07) is 0. The third kappa shape index (κ3) is 1.69.